The largest absolute Gasteiger partial charge is 0.486 e. The molecule has 144 valence electrons. The third kappa shape index (κ3) is 4.30. The van der Waals surface area contributed by atoms with Crippen LogP contribution in [-0.2, 0) is 6.42 Å². The minimum atomic E-state index is -0.359. The number of rotatable bonds is 5. The zero-order valence-electron chi connectivity index (χ0n) is 14.4. The number of amides is 1. The van der Waals surface area contributed by atoms with Crippen LogP contribution in [0.1, 0.15) is 20.9 Å². The molecule has 0 unspecified atom stereocenters. The van der Waals surface area contributed by atoms with Crippen LogP contribution >= 0.6 is 34.5 Å². The van der Waals surface area contributed by atoms with E-state index >= 15 is 0 Å². The first-order valence-corrected chi connectivity index (χ1v) is 9.88. The number of fused-ring (bicyclic) bond motifs is 1. The predicted octanol–water partition coefficient (Wildman–Crippen LogP) is 3.96. The fourth-order valence-electron chi connectivity index (χ4n) is 2.57. The maximum Gasteiger partial charge on any atom is 0.269 e. The normalized spacial score (nSPS) is 12.5. The highest BCUT2D eigenvalue weighted by molar-refractivity contribution is 7.15. The molecule has 0 radical (unpaired) electrons. The van der Waals surface area contributed by atoms with Gasteiger partial charge in [-0.15, -0.1) is 10.2 Å². The molecule has 0 saturated heterocycles. The molecule has 0 aliphatic carbocycles. The molecule has 7 nitrogen and oxygen atoms in total. The van der Waals surface area contributed by atoms with Crippen LogP contribution in [0.15, 0.2) is 36.4 Å². The Morgan fingerprint density at radius 2 is 1.86 bits per heavy atom. The lowest BCUT2D eigenvalue weighted by Gasteiger charge is -2.18. The molecule has 0 atom stereocenters. The van der Waals surface area contributed by atoms with Gasteiger partial charge in [-0.3, -0.25) is 15.6 Å². The van der Waals surface area contributed by atoms with Crippen molar-refractivity contribution >= 4 is 45.6 Å². The third-order valence-electron chi connectivity index (χ3n) is 3.89. The fourth-order valence-corrected chi connectivity index (χ4v) is 3.59. The zero-order valence-corrected chi connectivity index (χ0v) is 16.7. The van der Waals surface area contributed by atoms with Gasteiger partial charge in [0.25, 0.3) is 5.91 Å². The summed E-state index contributed by atoms with van der Waals surface area (Å²) in [5.41, 5.74) is 6.73. The first-order valence-electron chi connectivity index (χ1n) is 8.31. The summed E-state index contributed by atoms with van der Waals surface area (Å²) in [6.07, 6.45) is 0.594. The van der Waals surface area contributed by atoms with E-state index in [2.05, 4.69) is 21.0 Å². The summed E-state index contributed by atoms with van der Waals surface area (Å²) in [6.45, 7) is 1.10. The maximum absolute atomic E-state index is 12.2. The van der Waals surface area contributed by atoms with Crippen LogP contribution in [0.2, 0.25) is 10.0 Å². The molecule has 0 fully saturated rings. The van der Waals surface area contributed by atoms with Crippen LogP contribution in [0.4, 0.5) is 5.13 Å². The Balaban J connectivity index is 1.36. The zero-order chi connectivity index (χ0) is 19.5. The summed E-state index contributed by atoms with van der Waals surface area (Å²) >= 11 is 13.1. The van der Waals surface area contributed by atoms with E-state index in [1.54, 1.807) is 12.1 Å². The lowest BCUT2D eigenvalue weighted by Crippen LogP contribution is -2.29. The highest BCUT2D eigenvalue weighted by Gasteiger charge is 2.14. The quantitative estimate of drug-likeness (QED) is 0.588. The van der Waals surface area contributed by atoms with Crippen LogP contribution < -0.4 is 20.3 Å². The average Bonchev–Trinajstić information content (AvgIpc) is 3.15. The number of hydrogen-bond donors (Lipinski definition) is 2. The third-order valence-corrected chi connectivity index (χ3v) is 5.47. The molecule has 2 heterocycles. The number of anilines is 1. The van der Waals surface area contributed by atoms with Gasteiger partial charge in [-0.05, 0) is 35.9 Å². The number of ether oxygens (including phenoxy) is 2. The summed E-state index contributed by atoms with van der Waals surface area (Å²) in [7, 11) is 0. The molecule has 0 saturated carbocycles. The first-order chi connectivity index (χ1) is 13.6. The van der Waals surface area contributed by atoms with Gasteiger partial charge in [0, 0.05) is 12.0 Å². The highest BCUT2D eigenvalue weighted by atomic mass is 35.5. The highest BCUT2D eigenvalue weighted by Crippen LogP contribution is 2.32. The molecule has 1 aliphatic rings. The molecular formula is C18H14Cl2N4O3S. The van der Waals surface area contributed by atoms with Crippen molar-refractivity contribution in [2.75, 3.05) is 18.6 Å². The summed E-state index contributed by atoms with van der Waals surface area (Å²) in [5, 5.41) is 10.1. The molecule has 1 aliphatic heterocycles. The molecule has 0 spiro atoms. The van der Waals surface area contributed by atoms with Crippen molar-refractivity contribution in [3.63, 3.8) is 0 Å². The van der Waals surface area contributed by atoms with E-state index < -0.39 is 0 Å². The van der Waals surface area contributed by atoms with E-state index in [0.29, 0.717) is 40.4 Å². The van der Waals surface area contributed by atoms with Gasteiger partial charge in [0.15, 0.2) is 11.5 Å². The van der Waals surface area contributed by atoms with Crippen molar-refractivity contribution < 1.29 is 14.3 Å². The van der Waals surface area contributed by atoms with E-state index in [0.717, 1.165) is 22.1 Å². The van der Waals surface area contributed by atoms with Crippen LogP contribution in [0.25, 0.3) is 0 Å². The Hall–Kier alpha value is -2.55. The van der Waals surface area contributed by atoms with Crippen LogP contribution in [0, 0.1) is 0 Å². The van der Waals surface area contributed by atoms with E-state index in [-0.39, 0.29) is 5.91 Å². The van der Waals surface area contributed by atoms with E-state index in [1.165, 1.54) is 17.4 Å². The topological polar surface area (TPSA) is 85.4 Å². The van der Waals surface area contributed by atoms with Crippen molar-refractivity contribution in [3.05, 3.63) is 62.6 Å². The van der Waals surface area contributed by atoms with Crippen molar-refractivity contribution in [2.24, 2.45) is 0 Å². The molecule has 2 aromatic carbocycles. The van der Waals surface area contributed by atoms with Gasteiger partial charge < -0.3 is 9.47 Å². The Labute approximate surface area is 174 Å². The molecule has 10 heteroatoms. The maximum atomic E-state index is 12.2. The summed E-state index contributed by atoms with van der Waals surface area (Å²) in [6, 6.07) is 10.4. The fraction of sp³-hybridized carbons (Fsp3) is 0.167. The van der Waals surface area contributed by atoms with Gasteiger partial charge in [-0.25, -0.2) is 0 Å². The predicted molar refractivity (Wildman–Crippen MR) is 108 cm³/mol. The molecule has 4 rings (SSSR count). The molecular weight excluding hydrogens is 423 g/mol. The SMILES string of the molecule is O=C(NNc1nnc(Cc2ccc3c(c2)OCCO3)s1)c1ccc(Cl)c(Cl)c1. The number of carbonyl (C=O) groups is 1. The van der Waals surface area contributed by atoms with Crippen LogP contribution in [0.5, 0.6) is 11.5 Å². The van der Waals surface area contributed by atoms with Gasteiger partial charge >= 0.3 is 0 Å². The molecule has 3 aromatic rings. The van der Waals surface area contributed by atoms with Crippen molar-refractivity contribution in [1.29, 1.82) is 0 Å². The van der Waals surface area contributed by atoms with Crippen molar-refractivity contribution in [2.45, 2.75) is 6.42 Å². The molecule has 2 N–H and O–H groups in total. The standard InChI is InChI=1S/C18H14Cl2N4O3S/c19-12-3-2-11(9-13(12)20)17(25)22-24-18-23-21-16(28-18)8-10-1-4-14-15(7-10)27-6-5-26-14/h1-4,7,9H,5-6,8H2,(H,22,25)(H,23,24). The number of carbonyl (C=O) groups excluding carboxylic acids is 1. The number of hydrogen-bond acceptors (Lipinski definition) is 7. The molecule has 0 bridgehead atoms. The summed E-state index contributed by atoms with van der Waals surface area (Å²) < 4.78 is 11.1. The second kappa shape index (κ2) is 8.22. The Morgan fingerprint density at radius 3 is 2.68 bits per heavy atom. The lowest BCUT2D eigenvalue weighted by atomic mass is 10.1. The number of nitrogens with zero attached hydrogens (tertiary/aromatic N) is 2. The minimum absolute atomic E-state index is 0.312. The van der Waals surface area contributed by atoms with Gasteiger partial charge in [0.05, 0.1) is 10.0 Å². The Kier molecular flexibility index (Phi) is 5.52. The van der Waals surface area contributed by atoms with Gasteiger partial charge in [0.1, 0.15) is 18.2 Å². The second-order valence-corrected chi connectivity index (χ2v) is 7.74. The van der Waals surface area contributed by atoms with E-state index in [1.807, 2.05) is 18.2 Å². The monoisotopic (exact) mass is 436 g/mol. The van der Waals surface area contributed by atoms with Crippen LogP contribution in [-0.4, -0.2) is 29.3 Å². The minimum Gasteiger partial charge on any atom is -0.486 e. The Bertz CT molecular complexity index is 1030. The van der Waals surface area contributed by atoms with Crippen LogP contribution in [0.3, 0.4) is 0 Å². The number of halogens is 2. The number of benzene rings is 2. The van der Waals surface area contributed by atoms with Gasteiger partial charge in [-0.1, -0.05) is 40.6 Å². The number of nitrogens with one attached hydrogen (secondary N) is 2. The molecule has 1 amide bonds. The average molecular weight is 437 g/mol. The number of aromatic nitrogens is 2. The van der Waals surface area contributed by atoms with E-state index in [9.17, 15) is 4.79 Å². The van der Waals surface area contributed by atoms with Gasteiger partial charge in [0.2, 0.25) is 5.13 Å². The van der Waals surface area contributed by atoms with Crippen molar-refractivity contribution in [1.82, 2.24) is 15.6 Å². The van der Waals surface area contributed by atoms with E-state index in [4.69, 9.17) is 32.7 Å². The first kappa shape index (κ1) is 18.8. The Morgan fingerprint density at radius 1 is 1.04 bits per heavy atom. The molecule has 28 heavy (non-hydrogen) atoms. The summed E-state index contributed by atoms with van der Waals surface area (Å²) in [5.74, 6) is 1.13. The summed E-state index contributed by atoms with van der Waals surface area (Å²) in [4.78, 5) is 12.2. The van der Waals surface area contributed by atoms with Gasteiger partial charge in [-0.2, -0.15) is 0 Å². The lowest BCUT2D eigenvalue weighted by molar-refractivity contribution is 0.0962. The molecule has 1 aromatic heterocycles. The second-order valence-electron chi connectivity index (χ2n) is 5.86. The van der Waals surface area contributed by atoms with Crippen molar-refractivity contribution in [3.8, 4) is 11.5 Å². The smallest absolute Gasteiger partial charge is 0.269 e. The number of hydrazine groups is 1.